The topological polar surface area (TPSA) is 106 Å². The Labute approximate surface area is 177 Å². The Balaban J connectivity index is 1.48. The molecule has 31 heavy (non-hydrogen) atoms. The number of ether oxygens (including phenoxy) is 1. The molecular formula is C22H24F2N4O3. The zero-order valence-corrected chi connectivity index (χ0v) is 17.1. The number of nitrogens with zero attached hydrogens (tertiary/aromatic N) is 3. The van der Waals surface area contributed by atoms with E-state index in [1.165, 1.54) is 16.8 Å². The second-order valence-corrected chi connectivity index (χ2v) is 8.39. The van der Waals surface area contributed by atoms with Crippen LogP contribution in [0.4, 0.5) is 14.6 Å². The maximum atomic E-state index is 14.6. The summed E-state index contributed by atoms with van der Waals surface area (Å²) in [5, 5.41) is 21.5. The predicted molar refractivity (Wildman–Crippen MR) is 110 cm³/mol. The molecule has 1 aromatic carbocycles. The van der Waals surface area contributed by atoms with Crippen molar-refractivity contribution >= 4 is 16.9 Å². The number of aromatic nitrogens is 3. The number of benzene rings is 1. The van der Waals surface area contributed by atoms with E-state index < -0.39 is 30.2 Å². The van der Waals surface area contributed by atoms with Gasteiger partial charge in [0.2, 0.25) is 0 Å². The molecule has 2 heterocycles. The fourth-order valence-corrected chi connectivity index (χ4v) is 4.92. The van der Waals surface area contributed by atoms with Crippen molar-refractivity contribution in [3.8, 4) is 5.75 Å². The Morgan fingerprint density at radius 2 is 1.81 bits per heavy atom. The molecule has 2 aromatic heterocycles. The maximum absolute atomic E-state index is 14.6. The number of fused-ring (bicyclic) bond motifs is 2. The van der Waals surface area contributed by atoms with Crippen LogP contribution in [0.2, 0.25) is 0 Å². The van der Waals surface area contributed by atoms with Gasteiger partial charge in [0.15, 0.2) is 5.82 Å². The van der Waals surface area contributed by atoms with Crippen LogP contribution in [0.3, 0.4) is 0 Å². The maximum Gasteiger partial charge on any atom is 0.154 e. The van der Waals surface area contributed by atoms with Gasteiger partial charge in [0.05, 0.1) is 11.4 Å². The Bertz CT molecular complexity index is 1170. The van der Waals surface area contributed by atoms with E-state index in [4.69, 9.17) is 10.5 Å². The number of nitrogen functional groups attached to an aromatic ring is 1. The minimum Gasteiger partial charge on any atom is -0.487 e. The summed E-state index contributed by atoms with van der Waals surface area (Å²) >= 11 is 0. The summed E-state index contributed by atoms with van der Waals surface area (Å²) in [7, 11) is 0. The molecule has 9 heteroatoms. The predicted octanol–water partition coefficient (Wildman–Crippen LogP) is 2.59. The number of halogens is 2. The summed E-state index contributed by atoms with van der Waals surface area (Å²) in [5.41, 5.74) is 7.61. The molecule has 0 aliphatic heterocycles. The SMILES string of the molecule is Cc1nc(N)c2c(F)cn([C@@H]3C[C@H](Oc4ccc(F)c5c4CCCC5)[C@@H](O)[C@H]3O)c2n1. The first-order valence-electron chi connectivity index (χ1n) is 10.5. The number of hydrogen-bond donors (Lipinski definition) is 3. The molecule has 0 bridgehead atoms. The van der Waals surface area contributed by atoms with Gasteiger partial charge in [0.25, 0.3) is 0 Å². The quantitative estimate of drug-likeness (QED) is 0.590. The van der Waals surface area contributed by atoms with Gasteiger partial charge in [-0.1, -0.05) is 0 Å². The molecule has 2 aliphatic rings. The monoisotopic (exact) mass is 430 g/mol. The van der Waals surface area contributed by atoms with Crippen LogP contribution in [0.25, 0.3) is 11.0 Å². The van der Waals surface area contributed by atoms with Crippen LogP contribution in [0.1, 0.15) is 42.3 Å². The van der Waals surface area contributed by atoms with Gasteiger partial charge in [-0.05, 0) is 50.3 Å². The number of aryl methyl sites for hydroxylation is 1. The van der Waals surface area contributed by atoms with E-state index >= 15 is 0 Å². The zero-order valence-electron chi connectivity index (χ0n) is 17.1. The number of aliphatic hydroxyl groups is 2. The molecule has 0 saturated heterocycles. The minimum atomic E-state index is -1.20. The van der Waals surface area contributed by atoms with Crippen molar-refractivity contribution in [2.75, 3.05) is 5.73 Å². The molecule has 2 aliphatic carbocycles. The summed E-state index contributed by atoms with van der Waals surface area (Å²) in [4.78, 5) is 8.30. The highest BCUT2D eigenvalue weighted by atomic mass is 19.1. The molecule has 164 valence electrons. The number of nitrogens with two attached hydrogens (primary N) is 1. The van der Waals surface area contributed by atoms with Crippen LogP contribution in [-0.4, -0.2) is 43.1 Å². The molecule has 1 saturated carbocycles. The first-order chi connectivity index (χ1) is 14.8. The Morgan fingerprint density at radius 1 is 1.06 bits per heavy atom. The smallest absolute Gasteiger partial charge is 0.154 e. The van der Waals surface area contributed by atoms with Crippen LogP contribution in [0.5, 0.6) is 5.75 Å². The van der Waals surface area contributed by atoms with E-state index in [0.717, 1.165) is 18.4 Å². The average molecular weight is 430 g/mol. The zero-order chi connectivity index (χ0) is 21.9. The second-order valence-electron chi connectivity index (χ2n) is 8.39. The van der Waals surface area contributed by atoms with E-state index in [0.29, 0.717) is 30.0 Å². The molecule has 0 amide bonds. The van der Waals surface area contributed by atoms with Crippen molar-refractivity contribution in [3.05, 3.63) is 46.9 Å². The highest BCUT2D eigenvalue weighted by Gasteiger charge is 2.45. The summed E-state index contributed by atoms with van der Waals surface area (Å²) in [6, 6.07) is 2.29. The summed E-state index contributed by atoms with van der Waals surface area (Å²) in [6.45, 7) is 1.65. The van der Waals surface area contributed by atoms with Gasteiger partial charge in [0.1, 0.15) is 47.2 Å². The lowest BCUT2D eigenvalue weighted by atomic mass is 9.90. The largest absolute Gasteiger partial charge is 0.487 e. The standard InChI is InChI=1S/C22H24F2N4O3/c1-10-26-21(25)18-14(24)9-28(22(18)27-10)15-8-17(20(30)19(15)29)31-16-7-6-13(23)11-4-2-3-5-12(11)16/h6-7,9,15,17,19-20,29-30H,2-5,8H2,1H3,(H2,25,26,27)/t15-,17+,19+,20-/m1/s1. The first kappa shape index (κ1) is 20.1. The fraction of sp³-hybridized carbons (Fsp3) is 0.455. The number of anilines is 1. The van der Waals surface area contributed by atoms with Crippen molar-refractivity contribution in [2.45, 2.75) is 63.4 Å². The number of rotatable bonds is 3. The summed E-state index contributed by atoms with van der Waals surface area (Å²) in [5.74, 6) is 0.0969. The highest BCUT2D eigenvalue weighted by Crippen LogP contribution is 2.39. The van der Waals surface area contributed by atoms with Gasteiger partial charge in [-0.25, -0.2) is 18.7 Å². The molecule has 4 N–H and O–H groups in total. The Morgan fingerprint density at radius 3 is 2.58 bits per heavy atom. The van der Waals surface area contributed by atoms with Gasteiger partial charge in [0, 0.05) is 18.2 Å². The number of aliphatic hydroxyl groups excluding tert-OH is 2. The van der Waals surface area contributed by atoms with E-state index in [9.17, 15) is 19.0 Å². The molecule has 0 spiro atoms. The van der Waals surface area contributed by atoms with Crippen molar-refractivity contribution in [3.63, 3.8) is 0 Å². The van der Waals surface area contributed by atoms with Crippen molar-refractivity contribution in [1.29, 1.82) is 0 Å². The van der Waals surface area contributed by atoms with E-state index in [2.05, 4.69) is 9.97 Å². The fourth-order valence-electron chi connectivity index (χ4n) is 4.92. The van der Waals surface area contributed by atoms with Gasteiger partial charge in [-0.3, -0.25) is 0 Å². The lowest BCUT2D eigenvalue weighted by Gasteiger charge is -2.24. The van der Waals surface area contributed by atoms with Gasteiger partial charge < -0.3 is 25.3 Å². The van der Waals surface area contributed by atoms with Gasteiger partial charge in [-0.2, -0.15) is 0 Å². The third-order valence-corrected chi connectivity index (χ3v) is 6.43. The summed E-state index contributed by atoms with van der Waals surface area (Å²) in [6.07, 6.45) is 1.54. The Kier molecular flexibility index (Phi) is 4.82. The minimum absolute atomic E-state index is 0.0255. The molecule has 1 fully saturated rings. The van der Waals surface area contributed by atoms with Crippen LogP contribution < -0.4 is 10.5 Å². The van der Waals surface area contributed by atoms with E-state index in [1.54, 1.807) is 13.0 Å². The number of hydrogen-bond acceptors (Lipinski definition) is 6. The molecule has 0 unspecified atom stereocenters. The first-order valence-corrected chi connectivity index (χ1v) is 10.5. The molecule has 4 atom stereocenters. The normalized spacial score (nSPS) is 25.7. The Hall–Kier alpha value is -2.78. The van der Waals surface area contributed by atoms with E-state index in [1.807, 2.05) is 0 Å². The van der Waals surface area contributed by atoms with Crippen LogP contribution in [0, 0.1) is 18.6 Å². The second kappa shape index (κ2) is 7.42. The average Bonchev–Trinajstić information content (AvgIpc) is 3.21. The molecule has 0 radical (unpaired) electrons. The molecule has 7 nitrogen and oxygen atoms in total. The van der Waals surface area contributed by atoms with Crippen molar-refractivity contribution in [2.24, 2.45) is 0 Å². The third-order valence-electron chi connectivity index (χ3n) is 6.43. The molecular weight excluding hydrogens is 406 g/mol. The van der Waals surface area contributed by atoms with Crippen LogP contribution in [0.15, 0.2) is 18.3 Å². The lowest BCUT2D eigenvalue weighted by molar-refractivity contribution is -0.0166. The van der Waals surface area contributed by atoms with Gasteiger partial charge in [-0.15, -0.1) is 0 Å². The van der Waals surface area contributed by atoms with Crippen LogP contribution >= 0.6 is 0 Å². The third kappa shape index (κ3) is 3.23. The lowest BCUT2D eigenvalue weighted by Crippen LogP contribution is -2.34. The van der Waals surface area contributed by atoms with Crippen LogP contribution in [-0.2, 0) is 12.8 Å². The highest BCUT2D eigenvalue weighted by molar-refractivity contribution is 5.87. The summed E-state index contributed by atoms with van der Waals surface area (Å²) < 4.78 is 36.3. The van der Waals surface area contributed by atoms with Crippen molar-refractivity contribution in [1.82, 2.24) is 14.5 Å². The van der Waals surface area contributed by atoms with Crippen molar-refractivity contribution < 1.29 is 23.7 Å². The van der Waals surface area contributed by atoms with Gasteiger partial charge >= 0.3 is 0 Å². The molecule has 5 rings (SSSR count). The van der Waals surface area contributed by atoms with E-state index in [-0.39, 0.29) is 29.1 Å². The molecule has 3 aromatic rings.